The second kappa shape index (κ2) is 4.79. The molecule has 0 bridgehead atoms. The molecule has 1 atom stereocenters. The van der Waals surface area contributed by atoms with E-state index in [9.17, 15) is 13.2 Å². The first-order valence-corrected chi connectivity index (χ1v) is 5.08. The zero-order valence-corrected chi connectivity index (χ0v) is 9.15. The Morgan fingerprint density at radius 3 is 2.72 bits per heavy atom. The molecule has 4 nitrogen and oxygen atoms in total. The number of rotatable bonds is 3. The van der Waals surface area contributed by atoms with Crippen LogP contribution in [0, 0.1) is 17.5 Å². The number of aliphatic hydroxyl groups is 1. The average Bonchev–Trinajstić information content (AvgIpc) is 2.81. The monoisotopic (exact) mass is 257 g/mol. The van der Waals surface area contributed by atoms with Crippen LogP contribution >= 0.6 is 0 Å². The van der Waals surface area contributed by atoms with Gasteiger partial charge in [-0.25, -0.2) is 18.2 Å². The van der Waals surface area contributed by atoms with Crippen molar-refractivity contribution in [1.29, 1.82) is 0 Å². The zero-order valence-electron chi connectivity index (χ0n) is 9.15. The highest BCUT2D eigenvalue weighted by Crippen LogP contribution is 2.22. The van der Waals surface area contributed by atoms with Gasteiger partial charge in [0.2, 0.25) is 0 Å². The second-order valence-electron chi connectivity index (χ2n) is 3.70. The van der Waals surface area contributed by atoms with Crippen LogP contribution < -0.4 is 5.73 Å². The van der Waals surface area contributed by atoms with E-state index in [1.165, 1.54) is 12.5 Å². The highest BCUT2D eigenvalue weighted by Gasteiger charge is 2.17. The van der Waals surface area contributed by atoms with Crippen LogP contribution in [0.4, 0.5) is 13.2 Å². The van der Waals surface area contributed by atoms with Gasteiger partial charge in [-0.15, -0.1) is 0 Å². The van der Waals surface area contributed by atoms with Crippen molar-refractivity contribution >= 4 is 0 Å². The summed E-state index contributed by atoms with van der Waals surface area (Å²) in [4.78, 5) is 3.73. The predicted octanol–water partition coefficient (Wildman–Crippen LogP) is 1.28. The summed E-state index contributed by atoms with van der Waals surface area (Å²) in [7, 11) is 0. The van der Waals surface area contributed by atoms with Gasteiger partial charge in [0.05, 0.1) is 36.6 Å². The van der Waals surface area contributed by atoms with Gasteiger partial charge >= 0.3 is 0 Å². The fourth-order valence-electron chi connectivity index (χ4n) is 1.59. The predicted molar refractivity (Wildman–Crippen MR) is 57.5 cm³/mol. The van der Waals surface area contributed by atoms with E-state index in [-0.39, 0.29) is 11.4 Å². The summed E-state index contributed by atoms with van der Waals surface area (Å²) in [6.07, 6.45) is 2.46. The lowest BCUT2D eigenvalue weighted by molar-refractivity contribution is 0.264. The molecule has 0 aliphatic rings. The number of nitrogens with zero attached hydrogens (tertiary/aromatic N) is 2. The number of aliphatic hydroxyl groups excluding tert-OH is 1. The fourth-order valence-corrected chi connectivity index (χ4v) is 1.59. The Hall–Kier alpha value is -1.86. The third-order valence-corrected chi connectivity index (χ3v) is 2.48. The van der Waals surface area contributed by atoms with Gasteiger partial charge in [0.15, 0.2) is 11.6 Å². The van der Waals surface area contributed by atoms with Crippen LogP contribution in [0.2, 0.25) is 0 Å². The molecule has 1 unspecified atom stereocenters. The number of imidazole rings is 1. The Labute approximate surface area is 100 Å². The molecular weight excluding hydrogens is 247 g/mol. The van der Waals surface area contributed by atoms with Gasteiger partial charge in [0.1, 0.15) is 5.82 Å². The van der Waals surface area contributed by atoms with E-state index < -0.39 is 30.1 Å². The van der Waals surface area contributed by atoms with E-state index in [4.69, 9.17) is 10.8 Å². The van der Waals surface area contributed by atoms with Crippen LogP contribution in [-0.2, 0) is 0 Å². The number of aromatic nitrogens is 2. The molecule has 7 heteroatoms. The molecule has 0 spiro atoms. The van der Waals surface area contributed by atoms with Crippen molar-refractivity contribution in [3.8, 4) is 5.69 Å². The average molecular weight is 257 g/mol. The van der Waals surface area contributed by atoms with Gasteiger partial charge < -0.3 is 10.8 Å². The minimum Gasteiger partial charge on any atom is -0.394 e. The Balaban J connectivity index is 2.59. The molecule has 1 aromatic heterocycles. The molecule has 0 amide bonds. The third-order valence-electron chi connectivity index (χ3n) is 2.48. The summed E-state index contributed by atoms with van der Waals surface area (Å²) in [5, 5.41) is 8.95. The number of hydrogen-bond acceptors (Lipinski definition) is 3. The quantitative estimate of drug-likeness (QED) is 0.814. The first-order valence-electron chi connectivity index (χ1n) is 5.08. The highest BCUT2D eigenvalue weighted by molar-refractivity contribution is 5.37. The summed E-state index contributed by atoms with van der Waals surface area (Å²) in [6.45, 7) is -0.398. The molecule has 2 aromatic rings. The molecule has 2 rings (SSSR count). The smallest absolute Gasteiger partial charge is 0.183 e. The molecule has 0 aliphatic heterocycles. The van der Waals surface area contributed by atoms with Gasteiger partial charge in [-0.3, -0.25) is 4.57 Å². The lowest BCUT2D eigenvalue weighted by Crippen LogP contribution is -2.18. The Bertz CT molecular complexity index is 571. The number of hydrogen-bond donors (Lipinski definition) is 2. The van der Waals surface area contributed by atoms with Crippen LogP contribution in [0.3, 0.4) is 0 Å². The van der Waals surface area contributed by atoms with Crippen LogP contribution in [-0.4, -0.2) is 21.3 Å². The largest absolute Gasteiger partial charge is 0.394 e. The van der Waals surface area contributed by atoms with Crippen molar-refractivity contribution in [2.75, 3.05) is 6.61 Å². The van der Waals surface area contributed by atoms with Gasteiger partial charge in [0, 0.05) is 12.1 Å². The van der Waals surface area contributed by atoms with Crippen LogP contribution in [0.1, 0.15) is 11.7 Å². The first kappa shape index (κ1) is 12.6. The summed E-state index contributed by atoms with van der Waals surface area (Å²) in [6, 6.07) is 0.452. The Morgan fingerprint density at radius 1 is 1.33 bits per heavy atom. The van der Waals surface area contributed by atoms with Gasteiger partial charge in [-0.1, -0.05) is 0 Å². The molecule has 18 heavy (non-hydrogen) atoms. The zero-order chi connectivity index (χ0) is 13.3. The standard InChI is InChI=1S/C11H10F3N3O/c12-6-1-7(13)11(14)9(2-6)17-5-16-3-10(17)8(15)4-18/h1-3,5,8,18H,4,15H2. The van der Waals surface area contributed by atoms with Crippen molar-refractivity contribution in [3.63, 3.8) is 0 Å². The molecular formula is C11H10F3N3O. The van der Waals surface area contributed by atoms with Crippen molar-refractivity contribution in [2.24, 2.45) is 5.73 Å². The second-order valence-corrected chi connectivity index (χ2v) is 3.70. The molecule has 0 saturated carbocycles. The maximum absolute atomic E-state index is 13.6. The van der Waals surface area contributed by atoms with Gasteiger partial charge in [0.25, 0.3) is 0 Å². The normalized spacial score (nSPS) is 12.7. The number of benzene rings is 1. The first-order chi connectivity index (χ1) is 8.54. The lowest BCUT2D eigenvalue weighted by Gasteiger charge is -2.13. The summed E-state index contributed by atoms with van der Waals surface area (Å²) < 4.78 is 40.9. The van der Waals surface area contributed by atoms with Crippen LogP contribution in [0.25, 0.3) is 5.69 Å². The molecule has 0 fully saturated rings. The maximum Gasteiger partial charge on any atom is 0.183 e. The van der Waals surface area contributed by atoms with Crippen molar-refractivity contribution in [3.05, 3.63) is 47.8 Å². The van der Waals surface area contributed by atoms with E-state index in [0.29, 0.717) is 6.07 Å². The molecule has 1 aromatic carbocycles. The van der Waals surface area contributed by atoms with E-state index in [0.717, 1.165) is 10.6 Å². The van der Waals surface area contributed by atoms with Crippen molar-refractivity contribution < 1.29 is 18.3 Å². The maximum atomic E-state index is 13.6. The molecule has 1 heterocycles. The van der Waals surface area contributed by atoms with Crippen molar-refractivity contribution in [2.45, 2.75) is 6.04 Å². The van der Waals surface area contributed by atoms with E-state index in [1.54, 1.807) is 0 Å². The summed E-state index contributed by atoms with van der Waals surface area (Å²) in [5.41, 5.74) is 5.49. The summed E-state index contributed by atoms with van der Waals surface area (Å²) in [5.74, 6) is -3.43. The van der Waals surface area contributed by atoms with Crippen LogP contribution in [0.15, 0.2) is 24.7 Å². The van der Waals surface area contributed by atoms with Gasteiger partial charge in [-0.2, -0.15) is 0 Å². The topological polar surface area (TPSA) is 64.1 Å². The molecule has 0 saturated heterocycles. The summed E-state index contributed by atoms with van der Waals surface area (Å²) >= 11 is 0. The lowest BCUT2D eigenvalue weighted by atomic mass is 10.2. The van der Waals surface area contributed by atoms with Crippen LogP contribution in [0.5, 0.6) is 0 Å². The minimum atomic E-state index is -1.30. The SMILES string of the molecule is NC(CO)c1cncn1-c1cc(F)cc(F)c1F. The van der Waals surface area contributed by atoms with E-state index in [2.05, 4.69) is 4.98 Å². The Kier molecular flexibility index (Phi) is 3.35. The molecule has 0 aliphatic carbocycles. The number of nitrogens with two attached hydrogens (primary N) is 1. The number of halogens is 3. The molecule has 96 valence electrons. The fraction of sp³-hybridized carbons (Fsp3) is 0.182. The van der Waals surface area contributed by atoms with Crippen molar-refractivity contribution in [1.82, 2.24) is 9.55 Å². The Morgan fingerprint density at radius 2 is 2.06 bits per heavy atom. The molecule has 3 N–H and O–H groups in total. The molecule has 0 radical (unpaired) electrons. The van der Waals surface area contributed by atoms with Gasteiger partial charge in [-0.05, 0) is 0 Å². The highest BCUT2D eigenvalue weighted by atomic mass is 19.2. The minimum absolute atomic E-state index is 0.251. The van der Waals surface area contributed by atoms with E-state index in [1.807, 2.05) is 0 Å². The third kappa shape index (κ3) is 2.09. The van der Waals surface area contributed by atoms with E-state index >= 15 is 0 Å².